The van der Waals surface area contributed by atoms with Crippen molar-refractivity contribution in [3.8, 4) is 0 Å². The first-order valence-electron chi connectivity index (χ1n) is 5.57. The lowest BCUT2D eigenvalue weighted by Gasteiger charge is -2.12. The molecule has 0 aliphatic rings. The van der Waals surface area contributed by atoms with Gasteiger partial charge in [0, 0.05) is 5.02 Å². The number of fused-ring (bicyclic) bond motifs is 1. The lowest BCUT2D eigenvalue weighted by Crippen LogP contribution is -2.13. The number of para-hydroxylation sites is 1. The van der Waals surface area contributed by atoms with Gasteiger partial charge in [-0.25, -0.2) is 9.88 Å². The summed E-state index contributed by atoms with van der Waals surface area (Å²) in [5.41, 5.74) is 1.52. The second kappa shape index (κ2) is 4.99. The second-order valence-corrected chi connectivity index (χ2v) is 5.32. The minimum Gasteiger partial charge on any atom is -0.263 e. The molecule has 0 unspecified atom stereocenters. The predicted octanol–water partition coefficient (Wildman–Crippen LogP) is 4.16. The molecule has 3 rings (SSSR count). The lowest BCUT2D eigenvalue weighted by atomic mass is 10.3. The van der Waals surface area contributed by atoms with Gasteiger partial charge in [0.2, 0.25) is 0 Å². The Bertz CT molecular complexity index is 708. The number of halogens is 1. The van der Waals surface area contributed by atoms with Crippen LogP contribution in [0.4, 0.5) is 10.8 Å². The van der Waals surface area contributed by atoms with Gasteiger partial charge in [-0.05, 0) is 30.3 Å². The molecule has 0 spiro atoms. The van der Waals surface area contributed by atoms with Crippen LogP contribution < -0.4 is 4.90 Å². The van der Waals surface area contributed by atoms with E-state index in [1.165, 1.54) is 16.2 Å². The van der Waals surface area contributed by atoms with Crippen LogP contribution in [0.2, 0.25) is 5.02 Å². The molecule has 19 heavy (non-hydrogen) atoms. The summed E-state index contributed by atoms with van der Waals surface area (Å²) in [6, 6.07) is 14.8. The number of rotatable bonds is 3. The minimum absolute atomic E-state index is 0.568. The van der Waals surface area contributed by atoms with Crippen LogP contribution in [0.25, 0.3) is 10.2 Å². The van der Waals surface area contributed by atoms with Crippen molar-refractivity contribution in [1.82, 2.24) is 4.98 Å². The maximum atomic E-state index is 11.2. The molecule has 0 aliphatic heterocycles. The van der Waals surface area contributed by atoms with Crippen molar-refractivity contribution in [1.29, 1.82) is 0 Å². The number of hydrogen-bond acceptors (Lipinski definition) is 3. The first-order chi connectivity index (χ1) is 9.28. The summed E-state index contributed by atoms with van der Waals surface area (Å²) in [5.74, 6) is 0. The Morgan fingerprint density at radius 2 is 2.00 bits per heavy atom. The standard InChI is InChI=1S/C14H8ClN2OS/c15-10-4-3-5-11(8-10)17(9-18)14-16-12-6-1-2-7-13(12)19-14/h1-8H. The molecule has 5 heteroatoms. The van der Waals surface area contributed by atoms with E-state index in [2.05, 4.69) is 4.98 Å². The van der Waals surface area contributed by atoms with Crippen molar-refractivity contribution in [3.63, 3.8) is 0 Å². The third-order valence-electron chi connectivity index (χ3n) is 2.63. The van der Waals surface area contributed by atoms with Crippen molar-refractivity contribution in [2.24, 2.45) is 0 Å². The predicted molar refractivity (Wildman–Crippen MR) is 78.9 cm³/mol. The van der Waals surface area contributed by atoms with E-state index in [-0.39, 0.29) is 0 Å². The van der Waals surface area contributed by atoms with Crippen LogP contribution in [0, 0.1) is 0 Å². The monoisotopic (exact) mass is 287 g/mol. The van der Waals surface area contributed by atoms with E-state index in [1.54, 1.807) is 24.3 Å². The van der Waals surface area contributed by atoms with Gasteiger partial charge in [-0.15, -0.1) is 0 Å². The SMILES string of the molecule is O=[C]N(c1cccc(Cl)c1)c1nc2ccccc2s1. The summed E-state index contributed by atoms with van der Waals surface area (Å²) in [7, 11) is 0. The largest absolute Gasteiger partial charge is 0.323 e. The second-order valence-electron chi connectivity index (χ2n) is 3.87. The summed E-state index contributed by atoms with van der Waals surface area (Å²) in [6.07, 6.45) is 1.90. The molecule has 3 aromatic rings. The topological polar surface area (TPSA) is 33.2 Å². The van der Waals surface area contributed by atoms with Crippen molar-refractivity contribution in [2.75, 3.05) is 4.90 Å². The number of amides is 1. The summed E-state index contributed by atoms with van der Waals surface area (Å²) in [4.78, 5) is 17.0. The fourth-order valence-electron chi connectivity index (χ4n) is 1.77. The quantitative estimate of drug-likeness (QED) is 0.678. The molecule has 1 heterocycles. The Balaban J connectivity index is 2.09. The highest BCUT2D eigenvalue weighted by Crippen LogP contribution is 2.32. The van der Waals surface area contributed by atoms with Crippen molar-refractivity contribution < 1.29 is 4.79 Å². The van der Waals surface area contributed by atoms with Crippen molar-refractivity contribution in [3.05, 3.63) is 53.6 Å². The van der Waals surface area contributed by atoms with Crippen LogP contribution in [-0.4, -0.2) is 11.4 Å². The van der Waals surface area contributed by atoms with Crippen LogP contribution in [0.5, 0.6) is 0 Å². The first-order valence-corrected chi connectivity index (χ1v) is 6.76. The van der Waals surface area contributed by atoms with Crippen LogP contribution in [0.3, 0.4) is 0 Å². The molecule has 1 amide bonds. The molecule has 93 valence electrons. The van der Waals surface area contributed by atoms with E-state index in [0.717, 1.165) is 10.2 Å². The molecule has 0 saturated carbocycles. The lowest BCUT2D eigenvalue weighted by molar-refractivity contribution is 0.556. The van der Waals surface area contributed by atoms with Gasteiger partial charge in [0.15, 0.2) is 5.13 Å². The van der Waals surface area contributed by atoms with Gasteiger partial charge < -0.3 is 0 Å². The maximum Gasteiger partial charge on any atom is 0.323 e. The number of benzene rings is 2. The number of thiazole rings is 1. The van der Waals surface area contributed by atoms with Gasteiger partial charge in [0.05, 0.1) is 15.9 Å². The third kappa shape index (κ3) is 2.32. The van der Waals surface area contributed by atoms with E-state index in [1.807, 2.05) is 30.7 Å². The highest BCUT2D eigenvalue weighted by Gasteiger charge is 2.14. The number of carbonyl (C=O) groups excluding carboxylic acids is 1. The van der Waals surface area contributed by atoms with Gasteiger partial charge in [-0.2, -0.15) is 0 Å². The van der Waals surface area contributed by atoms with E-state index >= 15 is 0 Å². The smallest absolute Gasteiger partial charge is 0.263 e. The molecule has 0 saturated heterocycles. The number of aromatic nitrogens is 1. The molecular weight excluding hydrogens is 280 g/mol. The molecule has 2 aromatic carbocycles. The summed E-state index contributed by atoms with van der Waals surface area (Å²) in [6.45, 7) is 0. The van der Waals surface area contributed by atoms with E-state index in [9.17, 15) is 4.79 Å². The Morgan fingerprint density at radius 3 is 2.74 bits per heavy atom. The first kappa shape index (κ1) is 12.1. The zero-order valence-corrected chi connectivity index (χ0v) is 11.3. The normalized spacial score (nSPS) is 10.6. The molecular formula is C14H8ClN2OS. The third-order valence-corrected chi connectivity index (χ3v) is 3.89. The van der Waals surface area contributed by atoms with E-state index < -0.39 is 0 Å². The zero-order chi connectivity index (χ0) is 13.2. The molecule has 1 aromatic heterocycles. The Morgan fingerprint density at radius 1 is 1.16 bits per heavy atom. The Kier molecular flexibility index (Phi) is 3.19. The maximum absolute atomic E-state index is 11.2. The molecule has 0 N–H and O–H groups in total. The molecule has 0 atom stereocenters. The summed E-state index contributed by atoms with van der Waals surface area (Å²) in [5, 5.41) is 1.15. The van der Waals surface area contributed by atoms with Gasteiger partial charge >= 0.3 is 6.41 Å². The number of anilines is 2. The van der Waals surface area contributed by atoms with Crippen LogP contribution in [0.15, 0.2) is 48.5 Å². The summed E-state index contributed by atoms with van der Waals surface area (Å²) < 4.78 is 1.03. The van der Waals surface area contributed by atoms with Crippen molar-refractivity contribution in [2.45, 2.75) is 0 Å². The fourth-order valence-corrected chi connectivity index (χ4v) is 2.90. The van der Waals surface area contributed by atoms with Gasteiger partial charge in [-0.3, -0.25) is 4.79 Å². The highest BCUT2D eigenvalue weighted by atomic mass is 35.5. The molecule has 3 nitrogen and oxygen atoms in total. The van der Waals surface area contributed by atoms with E-state index in [0.29, 0.717) is 15.8 Å². The molecule has 0 aliphatic carbocycles. The van der Waals surface area contributed by atoms with Crippen LogP contribution in [0.1, 0.15) is 0 Å². The van der Waals surface area contributed by atoms with Gasteiger partial charge in [-0.1, -0.05) is 41.1 Å². The minimum atomic E-state index is 0.568. The Hall–Kier alpha value is -1.91. The average molecular weight is 288 g/mol. The number of hydrogen-bond donors (Lipinski definition) is 0. The molecule has 0 bridgehead atoms. The zero-order valence-electron chi connectivity index (χ0n) is 9.71. The number of nitrogens with zero attached hydrogens (tertiary/aromatic N) is 2. The average Bonchev–Trinajstić information content (AvgIpc) is 2.83. The molecule has 0 fully saturated rings. The summed E-state index contributed by atoms with van der Waals surface area (Å²) >= 11 is 7.38. The highest BCUT2D eigenvalue weighted by molar-refractivity contribution is 7.22. The van der Waals surface area contributed by atoms with E-state index in [4.69, 9.17) is 11.6 Å². The van der Waals surface area contributed by atoms with Crippen LogP contribution >= 0.6 is 22.9 Å². The van der Waals surface area contributed by atoms with Crippen LogP contribution in [-0.2, 0) is 4.79 Å². The molecule has 1 radical (unpaired) electrons. The Labute approximate surface area is 119 Å². The van der Waals surface area contributed by atoms with Gasteiger partial charge in [0.25, 0.3) is 0 Å². The van der Waals surface area contributed by atoms with Crippen molar-refractivity contribution >= 4 is 50.4 Å². The van der Waals surface area contributed by atoms with Gasteiger partial charge in [0.1, 0.15) is 0 Å². The fraction of sp³-hybridized carbons (Fsp3) is 0.